The summed E-state index contributed by atoms with van der Waals surface area (Å²) in [5.74, 6) is 0.166. The van der Waals surface area contributed by atoms with Gasteiger partial charge in [0, 0.05) is 10.7 Å². The van der Waals surface area contributed by atoms with E-state index in [2.05, 4.69) is 0 Å². The second-order valence-electron chi connectivity index (χ2n) is 6.88. The number of hydrogen-bond donors (Lipinski definition) is 1. The van der Waals surface area contributed by atoms with Crippen molar-refractivity contribution in [2.45, 2.75) is 58.3 Å². The summed E-state index contributed by atoms with van der Waals surface area (Å²) in [5.41, 5.74) is 1.80. The van der Waals surface area contributed by atoms with E-state index in [0.717, 1.165) is 24.0 Å². The molecule has 0 aliphatic carbocycles. The Kier molecular flexibility index (Phi) is 6.39. The summed E-state index contributed by atoms with van der Waals surface area (Å²) in [4.78, 5) is 0. The molecule has 2 unspecified atom stereocenters. The molecule has 2 atom stereocenters. The monoisotopic (exact) mass is 382 g/mol. The lowest BCUT2D eigenvalue weighted by Crippen LogP contribution is -2.26. The molecule has 0 fully saturated rings. The van der Waals surface area contributed by atoms with Gasteiger partial charge in [0.1, 0.15) is 5.75 Å². The molecule has 0 radical (unpaired) electrons. The van der Waals surface area contributed by atoms with Crippen molar-refractivity contribution >= 4 is 13.9 Å². The SMILES string of the molecule is CCCC(CC)(Pc1ccc(C)cc1C(F)(F)F)c1cc(C)ccc1O. The van der Waals surface area contributed by atoms with E-state index in [1.54, 1.807) is 25.1 Å². The van der Waals surface area contributed by atoms with Gasteiger partial charge in [0.15, 0.2) is 0 Å². The highest BCUT2D eigenvalue weighted by Crippen LogP contribution is 2.52. The van der Waals surface area contributed by atoms with Crippen molar-refractivity contribution < 1.29 is 18.3 Å². The van der Waals surface area contributed by atoms with Crippen LogP contribution in [0.4, 0.5) is 13.2 Å². The lowest BCUT2D eigenvalue weighted by molar-refractivity contribution is -0.136. The zero-order valence-electron chi connectivity index (χ0n) is 15.7. The van der Waals surface area contributed by atoms with Crippen LogP contribution >= 0.6 is 8.58 Å². The van der Waals surface area contributed by atoms with Crippen LogP contribution in [0.5, 0.6) is 5.75 Å². The molecule has 142 valence electrons. The number of aromatic hydroxyl groups is 1. The number of alkyl halides is 3. The minimum Gasteiger partial charge on any atom is -0.508 e. The van der Waals surface area contributed by atoms with Crippen LogP contribution in [0.2, 0.25) is 0 Å². The first kappa shape index (κ1) is 20.8. The van der Waals surface area contributed by atoms with E-state index in [4.69, 9.17) is 0 Å². The van der Waals surface area contributed by atoms with Crippen molar-refractivity contribution in [2.24, 2.45) is 0 Å². The average molecular weight is 382 g/mol. The Morgan fingerprint density at radius 2 is 1.50 bits per heavy atom. The summed E-state index contributed by atoms with van der Waals surface area (Å²) in [6, 6.07) is 9.95. The Morgan fingerprint density at radius 1 is 0.923 bits per heavy atom. The van der Waals surface area contributed by atoms with E-state index in [0.29, 0.717) is 17.3 Å². The summed E-state index contributed by atoms with van der Waals surface area (Å²) in [6.07, 6.45) is -2.15. The van der Waals surface area contributed by atoms with E-state index in [1.807, 2.05) is 32.9 Å². The molecule has 0 aromatic heterocycles. The van der Waals surface area contributed by atoms with Crippen LogP contribution in [0.3, 0.4) is 0 Å². The van der Waals surface area contributed by atoms with Crippen LogP contribution in [-0.2, 0) is 11.3 Å². The fourth-order valence-corrected chi connectivity index (χ4v) is 5.36. The number of halogens is 3. The Hall–Kier alpha value is -1.54. The molecule has 1 N–H and O–H groups in total. The maximum Gasteiger partial charge on any atom is 0.417 e. The summed E-state index contributed by atoms with van der Waals surface area (Å²) in [6.45, 7) is 7.63. The van der Waals surface area contributed by atoms with Gasteiger partial charge < -0.3 is 5.11 Å². The first-order valence-electron chi connectivity index (χ1n) is 8.89. The largest absolute Gasteiger partial charge is 0.508 e. The number of phenols is 1. The van der Waals surface area contributed by atoms with Gasteiger partial charge in [0.2, 0.25) is 0 Å². The maximum absolute atomic E-state index is 13.6. The number of benzene rings is 2. The van der Waals surface area contributed by atoms with Gasteiger partial charge in [0.05, 0.1) is 5.56 Å². The van der Waals surface area contributed by atoms with Gasteiger partial charge >= 0.3 is 6.18 Å². The van der Waals surface area contributed by atoms with Crippen molar-refractivity contribution in [2.75, 3.05) is 0 Å². The molecule has 0 aliphatic heterocycles. The highest BCUT2D eigenvalue weighted by Gasteiger charge is 2.38. The van der Waals surface area contributed by atoms with Crippen LogP contribution in [0.25, 0.3) is 0 Å². The lowest BCUT2D eigenvalue weighted by atomic mass is 9.89. The van der Waals surface area contributed by atoms with Crippen LogP contribution in [-0.4, -0.2) is 5.11 Å². The molecule has 0 saturated heterocycles. The molecule has 0 heterocycles. The fraction of sp³-hybridized carbons (Fsp3) is 0.429. The van der Waals surface area contributed by atoms with E-state index >= 15 is 0 Å². The van der Waals surface area contributed by atoms with Gasteiger partial charge in [0.25, 0.3) is 0 Å². The average Bonchev–Trinajstić information content (AvgIpc) is 2.57. The first-order chi connectivity index (χ1) is 12.1. The molecule has 0 amide bonds. The Labute approximate surface area is 155 Å². The summed E-state index contributed by atoms with van der Waals surface area (Å²) < 4.78 is 40.8. The van der Waals surface area contributed by atoms with E-state index in [1.165, 1.54) is 6.07 Å². The highest BCUT2D eigenvalue weighted by atomic mass is 31.1. The van der Waals surface area contributed by atoms with Crippen LogP contribution in [0.1, 0.15) is 55.4 Å². The lowest BCUT2D eigenvalue weighted by Gasteiger charge is -2.35. The van der Waals surface area contributed by atoms with Gasteiger partial charge in [-0.1, -0.05) is 64.2 Å². The summed E-state index contributed by atoms with van der Waals surface area (Å²) in [7, 11) is -0.0684. The molecule has 2 aromatic rings. The fourth-order valence-electron chi connectivity index (χ4n) is 3.44. The molecule has 0 aliphatic rings. The van der Waals surface area contributed by atoms with E-state index in [9.17, 15) is 18.3 Å². The topological polar surface area (TPSA) is 20.2 Å². The number of hydrogen-bond acceptors (Lipinski definition) is 1. The number of aryl methyl sites for hydroxylation is 2. The Balaban J connectivity index is 2.62. The van der Waals surface area contributed by atoms with Gasteiger partial charge in [-0.05, 0) is 44.1 Å². The molecule has 2 rings (SSSR count). The maximum atomic E-state index is 13.6. The summed E-state index contributed by atoms with van der Waals surface area (Å²) >= 11 is 0. The smallest absolute Gasteiger partial charge is 0.417 e. The minimum atomic E-state index is -4.38. The van der Waals surface area contributed by atoms with Crippen LogP contribution in [0, 0.1) is 13.8 Å². The Bertz CT molecular complexity index is 770. The van der Waals surface area contributed by atoms with Crippen LogP contribution in [0.15, 0.2) is 36.4 Å². The number of rotatable bonds is 6. The summed E-state index contributed by atoms with van der Waals surface area (Å²) in [5, 5.41) is 10.3. The number of phenolic OH excluding ortho intramolecular Hbond substituents is 1. The quantitative estimate of drug-likeness (QED) is 0.570. The van der Waals surface area contributed by atoms with Crippen molar-refractivity contribution in [1.82, 2.24) is 0 Å². The third kappa shape index (κ3) is 4.40. The third-order valence-electron chi connectivity index (χ3n) is 4.80. The van der Waals surface area contributed by atoms with Crippen molar-refractivity contribution in [1.29, 1.82) is 0 Å². The van der Waals surface area contributed by atoms with Crippen molar-refractivity contribution in [3.05, 3.63) is 58.7 Å². The van der Waals surface area contributed by atoms with E-state index in [-0.39, 0.29) is 14.3 Å². The Morgan fingerprint density at radius 3 is 2.04 bits per heavy atom. The minimum absolute atomic E-state index is 0.0684. The molecule has 0 spiro atoms. The standard InChI is InChI=1S/C21H26F3OP/c1-5-11-20(6-2,16-12-14(3)7-9-18(16)25)26-19-10-8-15(4)13-17(19)21(22,23)24/h7-10,12-13,25-26H,5-6,11H2,1-4H3. The molecular formula is C21H26F3OP. The van der Waals surface area contributed by atoms with Gasteiger partial charge in [-0.25, -0.2) is 0 Å². The van der Waals surface area contributed by atoms with Gasteiger partial charge in [-0.15, -0.1) is 0 Å². The molecule has 1 nitrogen and oxygen atoms in total. The second-order valence-corrected chi connectivity index (χ2v) is 8.62. The van der Waals surface area contributed by atoms with Crippen molar-refractivity contribution in [3.63, 3.8) is 0 Å². The zero-order valence-corrected chi connectivity index (χ0v) is 16.7. The second kappa shape index (κ2) is 8.00. The molecule has 0 saturated carbocycles. The molecule has 2 aromatic carbocycles. The normalized spacial score (nSPS) is 14.7. The predicted octanol–water partition coefficient (Wildman–Crippen LogP) is 6.44. The van der Waals surface area contributed by atoms with Gasteiger partial charge in [-0.2, -0.15) is 13.2 Å². The molecule has 0 bridgehead atoms. The highest BCUT2D eigenvalue weighted by molar-refractivity contribution is 7.48. The van der Waals surface area contributed by atoms with Crippen molar-refractivity contribution in [3.8, 4) is 5.75 Å². The molecule has 5 heteroatoms. The van der Waals surface area contributed by atoms with E-state index < -0.39 is 16.9 Å². The predicted molar refractivity (Wildman–Crippen MR) is 104 cm³/mol. The molecule has 26 heavy (non-hydrogen) atoms. The molecular weight excluding hydrogens is 356 g/mol. The van der Waals surface area contributed by atoms with Gasteiger partial charge in [-0.3, -0.25) is 0 Å². The van der Waals surface area contributed by atoms with Crippen LogP contribution < -0.4 is 5.30 Å². The third-order valence-corrected chi connectivity index (χ3v) is 6.86. The zero-order chi connectivity index (χ0) is 19.5. The first-order valence-corrected chi connectivity index (χ1v) is 9.89.